The quantitative estimate of drug-likeness (QED) is 0.603. The van der Waals surface area contributed by atoms with Crippen molar-refractivity contribution in [1.82, 2.24) is 0 Å². The van der Waals surface area contributed by atoms with Gasteiger partial charge in [-0.1, -0.05) is 12.1 Å². The Balaban J connectivity index is 1.99. The predicted molar refractivity (Wildman–Crippen MR) is 104 cm³/mol. The summed E-state index contributed by atoms with van der Waals surface area (Å²) in [4.78, 5) is 33.7. The molecule has 0 spiro atoms. The van der Waals surface area contributed by atoms with Crippen LogP contribution in [-0.4, -0.2) is 15.8 Å². The van der Waals surface area contributed by atoms with Gasteiger partial charge in [0.15, 0.2) is 0 Å². The van der Waals surface area contributed by atoms with Crippen LogP contribution in [0.2, 0.25) is 0 Å². The monoisotopic (exact) mass is 390 g/mol. The minimum Gasteiger partial charge on any atom is -0.321 e. The van der Waals surface area contributed by atoms with Crippen molar-refractivity contribution in [2.45, 2.75) is 12.8 Å². The molecule has 144 valence electrons. The van der Waals surface area contributed by atoms with Crippen molar-refractivity contribution < 1.29 is 14.6 Å². The Morgan fingerprint density at radius 3 is 2.45 bits per heavy atom. The van der Waals surface area contributed by atoms with E-state index in [9.17, 15) is 25.0 Å². The van der Waals surface area contributed by atoms with E-state index >= 15 is 0 Å². The summed E-state index contributed by atoms with van der Waals surface area (Å²) in [6.07, 6.45) is 3.54. The van der Waals surface area contributed by atoms with E-state index in [4.69, 9.17) is 5.26 Å². The number of nitro benzene ring substituents is 1. The van der Waals surface area contributed by atoms with Gasteiger partial charge in [0.25, 0.3) is 11.6 Å². The molecule has 0 saturated carbocycles. The first-order valence-corrected chi connectivity index (χ1v) is 8.53. The zero-order valence-electron chi connectivity index (χ0n) is 15.0. The number of allylic oxidation sites excluding steroid dienone is 4. The second-order valence-corrected chi connectivity index (χ2v) is 6.24. The van der Waals surface area contributed by atoms with Gasteiger partial charge in [0.05, 0.1) is 27.2 Å². The molecule has 0 fully saturated rings. The number of hydrogen-bond acceptors (Lipinski definition) is 6. The average molecular weight is 390 g/mol. The molecule has 0 heterocycles. The molecule has 0 bridgehead atoms. The Morgan fingerprint density at radius 2 is 1.83 bits per heavy atom. The van der Waals surface area contributed by atoms with Crippen molar-refractivity contribution in [3.05, 3.63) is 97.2 Å². The van der Waals surface area contributed by atoms with Crippen LogP contribution in [0.5, 0.6) is 0 Å². The molecule has 1 amide bonds. The SMILES string of the molecule is N#Cc1cccc(C(=O)Nc2cc([N+](=O)[O-])ccc2C2=CC=C([N+](=O)[O-])CC2)c1. The Morgan fingerprint density at radius 1 is 1.03 bits per heavy atom. The predicted octanol–water partition coefficient (Wildman–Crippen LogP) is 4.06. The number of anilines is 1. The molecule has 9 nitrogen and oxygen atoms in total. The maximum Gasteiger partial charge on any atom is 0.271 e. The van der Waals surface area contributed by atoms with E-state index < -0.39 is 15.8 Å². The molecule has 1 aliphatic carbocycles. The lowest BCUT2D eigenvalue weighted by atomic mass is 9.94. The number of nitrogens with one attached hydrogen (secondary N) is 1. The highest BCUT2D eigenvalue weighted by Gasteiger charge is 2.21. The molecule has 0 saturated heterocycles. The van der Waals surface area contributed by atoms with Gasteiger partial charge in [0, 0.05) is 35.8 Å². The van der Waals surface area contributed by atoms with Gasteiger partial charge in [-0.2, -0.15) is 5.26 Å². The average Bonchev–Trinajstić information content (AvgIpc) is 2.73. The van der Waals surface area contributed by atoms with Crippen LogP contribution >= 0.6 is 0 Å². The number of nitro groups is 2. The number of carbonyl (C=O) groups excluding carboxylic acids is 1. The largest absolute Gasteiger partial charge is 0.321 e. The van der Waals surface area contributed by atoms with Gasteiger partial charge in [-0.25, -0.2) is 0 Å². The maximum absolute atomic E-state index is 12.6. The molecule has 29 heavy (non-hydrogen) atoms. The highest BCUT2D eigenvalue weighted by atomic mass is 16.6. The second kappa shape index (κ2) is 8.14. The molecule has 2 aromatic carbocycles. The Kier molecular flexibility index (Phi) is 5.46. The summed E-state index contributed by atoms with van der Waals surface area (Å²) >= 11 is 0. The molecule has 9 heteroatoms. The molecule has 0 radical (unpaired) electrons. The van der Waals surface area contributed by atoms with E-state index in [1.54, 1.807) is 18.2 Å². The number of carbonyl (C=O) groups is 1. The van der Waals surface area contributed by atoms with E-state index in [1.807, 2.05) is 6.07 Å². The summed E-state index contributed by atoms with van der Waals surface area (Å²) in [7, 11) is 0. The zero-order chi connectivity index (χ0) is 21.0. The van der Waals surface area contributed by atoms with Crippen LogP contribution in [0.25, 0.3) is 5.57 Å². The van der Waals surface area contributed by atoms with Crippen LogP contribution in [-0.2, 0) is 0 Å². The minimum atomic E-state index is -0.574. The number of benzene rings is 2. The van der Waals surface area contributed by atoms with Crippen molar-refractivity contribution in [2.75, 3.05) is 5.32 Å². The Labute approximate surface area is 164 Å². The van der Waals surface area contributed by atoms with E-state index in [1.165, 1.54) is 36.4 Å². The van der Waals surface area contributed by atoms with Gasteiger partial charge < -0.3 is 5.32 Å². The van der Waals surface area contributed by atoms with Crippen molar-refractivity contribution in [3.8, 4) is 6.07 Å². The van der Waals surface area contributed by atoms with Gasteiger partial charge in [-0.15, -0.1) is 0 Å². The normalized spacial score (nSPS) is 12.9. The lowest BCUT2D eigenvalue weighted by Gasteiger charge is -2.15. The first-order chi connectivity index (χ1) is 13.9. The number of hydrogen-bond donors (Lipinski definition) is 1. The summed E-state index contributed by atoms with van der Waals surface area (Å²) in [5, 5.41) is 33.7. The van der Waals surface area contributed by atoms with Gasteiger partial charge in [-0.05, 0) is 36.3 Å². The third kappa shape index (κ3) is 4.33. The van der Waals surface area contributed by atoms with Gasteiger partial charge >= 0.3 is 0 Å². The molecule has 0 atom stereocenters. The van der Waals surface area contributed by atoms with Crippen molar-refractivity contribution in [2.24, 2.45) is 0 Å². The molecule has 1 N–H and O–H groups in total. The fraction of sp³-hybridized carbons (Fsp3) is 0.100. The number of nitrogens with zero attached hydrogens (tertiary/aromatic N) is 3. The first kappa shape index (κ1) is 19.4. The summed E-state index contributed by atoms with van der Waals surface area (Å²) < 4.78 is 0. The van der Waals surface area contributed by atoms with Crippen molar-refractivity contribution in [1.29, 1.82) is 5.26 Å². The zero-order valence-corrected chi connectivity index (χ0v) is 15.0. The topological polar surface area (TPSA) is 139 Å². The summed E-state index contributed by atoms with van der Waals surface area (Å²) in [5.74, 6) is -0.526. The van der Waals surface area contributed by atoms with E-state index in [2.05, 4.69) is 5.32 Å². The molecule has 0 unspecified atom stereocenters. The second-order valence-electron chi connectivity index (χ2n) is 6.24. The molecular formula is C20H14N4O5. The summed E-state index contributed by atoms with van der Waals surface area (Å²) in [6.45, 7) is 0. The summed E-state index contributed by atoms with van der Waals surface area (Å²) in [6, 6.07) is 12.1. The van der Waals surface area contributed by atoms with E-state index in [0.29, 0.717) is 23.1 Å². The third-order valence-corrected chi connectivity index (χ3v) is 4.42. The van der Waals surface area contributed by atoms with Gasteiger partial charge in [0.2, 0.25) is 5.70 Å². The van der Waals surface area contributed by atoms with Gasteiger partial charge in [-0.3, -0.25) is 25.0 Å². The van der Waals surface area contributed by atoms with Crippen LogP contribution in [0.1, 0.15) is 34.3 Å². The fourth-order valence-electron chi connectivity index (χ4n) is 2.96. The molecular weight excluding hydrogens is 376 g/mol. The van der Waals surface area contributed by atoms with E-state index in [-0.39, 0.29) is 29.1 Å². The lowest BCUT2D eigenvalue weighted by molar-refractivity contribution is -0.427. The molecule has 2 aromatic rings. The van der Waals surface area contributed by atoms with Gasteiger partial charge in [0.1, 0.15) is 0 Å². The fourth-order valence-corrected chi connectivity index (χ4v) is 2.96. The Bertz CT molecular complexity index is 1130. The summed E-state index contributed by atoms with van der Waals surface area (Å²) in [5.41, 5.74) is 1.89. The Hall–Kier alpha value is -4.32. The van der Waals surface area contributed by atoms with Crippen molar-refractivity contribution in [3.63, 3.8) is 0 Å². The van der Waals surface area contributed by atoms with E-state index in [0.717, 1.165) is 0 Å². The van der Waals surface area contributed by atoms with Crippen LogP contribution < -0.4 is 5.32 Å². The lowest BCUT2D eigenvalue weighted by Crippen LogP contribution is -2.14. The molecule has 1 aliphatic rings. The van der Waals surface area contributed by atoms with Crippen LogP contribution in [0.4, 0.5) is 11.4 Å². The highest BCUT2D eigenvalue weighted by molar-refractivity contribution is 6.06. The standard InChI is InChI=1S/C20H14N4O5/c21-12-13-2-1-3-15(10-13)20(25)22-19-11-17(24(28)29)8-9-18(19)14-4-6-16(7-5-14)23(26)27/h1-4,6,8-11H,5,7H2,(H,22,25). The number of non-ortho nitro benzene ring substituents is 1. The molecule has 0 aromatic heterocycles. The van der Waals surface area contributed by atoms with Crippen molar-refractivity contribution >= 4 is 22.9 Å². The number of rotatable bonds is 5. The molecule has 3 rings (SSSR count). The van der Waals surface area contributed by atoms with Crippen LogP contribution in [0.15, 0.2) is 60.3 Å². The first-order valence-electron chi connectivity index (χ1n) is 8.53. The number of amides is 1. The smallest absolute Gasteiger partial charge is 0.271 e. The van der Waals surface area contributed by atoms with Crippen LogP contribution in [0, 0.1) is 31.6 Å². The number of nitriles is 1. The highest BCUT2D eigenvalue weighted by Crippen LogP contribution is 2.34. The van der Waals surface area contributed by atoms with Crippen LogP contribution in [0.3, 0.4) is 0 Å². The minimum absolute atomic E-state index is 0.0783. The molecule has 0 aliphatic heterocycles. The third-order valence-electron chi connectivity index (χ3n) is 4.42. The maximum atomic E-state index is 12.6.